The van der Waals surface area contributed by atoms with Gasteiger partial charge in [-0.25, -0.2) is 8.42 Å². The lowest BCUT2D eigenvalue weighted by atomic mass is 10.2. The second-order valence-corrected chi connectivity index (χ2v) is 5.96. The minimum absolute atomic E-state index is 0.0203. The van der Waals surface area contributed by atoms with Crippen LogP contribution in [0.1, 0.15) is 12.0 Å². The second kappa shape index (κ2) is 7.11. The molecule has 0 aliphatic carbocycles. The number of hydrogen-bond acceptors (Lipinski definition) is 5. The Balaban J connectivity index is 2.60. The number of hydrogen-bond donors (Lipinski definition) is 2. The number of rotatable bonds is 7. The summed E-state index contributed by atoms with van der Waals surface area (Å²) in [5.74, 6) is 0.0203. The Morgan fingerprint density at radius 3 is 2.78 bits per heavy atom. The monoisotopic (exact) mass is 267 g/mol. The van der Waals surface area contributed by atoms with E-state index in [9.17, 15) is 8.42 Å². The third kappa shape index (κ3) is 4.45. The van der Waals surface area contributed by atoms with E-state index in [0.29, 0.717) is 25.2 Å². The molecule has 3 N–H and O–H groups in total. The SMILES string of the molecule is N#Cc1cccc(S(=O)(=O)CCNCCCN)c1. The maximum Gasteiger partial charge on any atom is 0.179 e. The first-order valence-electron chi connectivity index (χ1n) is 5.74. The van der Waals surface area contributed by atoms with Crippen LogP contribution in [0.2, 0.25) is 0 Å². The van der Waals surface area contributed by atoms with Gasteiger partial charge in [-0.3, -0.25) is 0 Å². The predicted octanol–water partition coefficient (Wildman–Crippen LogP) is 0.270. The summed E-state index contributed by atoms with van der Waals surface area (Å²) in [5.41, 5.74) is 5.68. The zero-order chi connectivity index (χ0) is 13.4. The molecule has 6 heteroatoms. The molecule has 0 saturated carbocycles. The number of nitrogens with zero attached hydrogens (tertiary/aromatic N) is 1. The van der Waals surface area contributed by atoms with Crippen LogP contribution < -0.4 is 11.1 Å². The van der Waals surface area contributed by atoms with Crippen LogP contribution in [0.15, 0.2) is 29.2 Å². The molecule has 0 atom stereocenters. The molecule has 0 unspecified atom stereocenters. The number of nitrogens with one attached hydrogen (secondary N) is 1. The molecular formula is C12H17N3O2S. The van der Waals surface area contributed by atoms with E-state index in [2.05, 4.69) is 5.32 Å². The Kier molecular flexibility index (Phi) is 5.78. The van der Waals surface area contributed by atoms with Crippen molar-refractivity contribution < 1.29 is 8.42 Å². The summed E-state index contributed by atoms with van der Waals surface area (Å²) in [4.78, 5) is 0.196. The summed E-state index contributed by atoms with van der Waals surface area (Å²) >= 11 is 0. The molecule has 1 aromatic carbocycles. The van der Waals surface area contributed by atoms with Gasteiger partial charge in [0.15, 0.2) is 9.84 Å². The molecule has 0 aromatic heterocycles. The van der Waals surface area contributed by atoms with Crippen LogP contribution in [0, 0.1) is 11.3 Å². The summed E-state index contributed by atoms with van der Waals surface area (Å²) in [6.45, 7) is 1.69. The molecule has 98 valence electrons. The highest BCUT2D eigenvalue weighted by atomic mass is 32.2. The van der Waals surface area contributed by atoms with E-state index in [0.717, 1.165) is 6.42 Å². The van der Waals surface area contributed by atoms with Gasteiger partial charge in [0.2, 0.25) is 0 Å². The van der Waals surface area contributed by atoms with E-state index in [1.807, 2.05) is 6.07 Å². The van der Waals surface area contributed by atoms with Gasteiger partial charge in [-0.15, -0.1) is 0 Å². The minimum atomic E-state index is -3.32. The zero-order valence-corrected chi connectivity index (χ0v) is 10.9. The van der Waals surface area contributed by atoms with Gasteiger partial charge in [-0.2, -0.15) is 5.26 Å². The van der Waals surface area contributed by atoms with Gasteiger partial charge in [0, 0.05) is 6.54 Å². The molecule has 0 aliphatic rings. The van der Waals surface area contributed by atoms with Crippen LogP contribution >= 0.6 is 0 Å². The second-order valence-electron chi connectivity index (χ2n) is 3.85. The van der Waals surface area contributed by atoms with E-state index in [-0.39, 0.29) is 10.6 Å². The first-order chi connectivity index (χ1) is 8.60. The highest BCUT2D eigenvalue weighted by Gasteiger charge is 2.14. The normalized spacial score (nSPS) is 11.1. The van der Waals surface area contributed by atoms with E-state index in [1.54, 1.807) is 12.1 Å². The Hall–Kier alpha value is -1.42. The van der Waals surface area contributed by atoms with Crippen LogP contribution in [-0.2, 0) is 9.84 Å². The molecule has 0 spiro atoms. The summed E-state index contributed by atoms with van der Waals surface area (Å²) in [5, 5.41) is 11.7. The fraction of sp³-hybridized carbons (Fsp3) is 0.417. The molecule has 0 radical (unpaired) electrons. The molecule has 0 bridgehead atoms. The van der Waals surface area contributed by atoms with Gasteiger partial charge in [-0.05, 0) is 37.7 Å². The molecule has 0 amide bonds. The predicted molar refractivity (Wildman–Crippen MR) is 69.8 cm³/mol. The first kappa shape index (κ1) is 14.6. The first-order valence-corrected chi connectivity index (χ1v) is 7.39. The van der Waals surface area contributed by atoms with Crippen LogP contribution in [0.3, 0.4) is 0 Å². The maximum absolute atomic E-state index is 12.0. The molecule has 0 fully saturated rings. The smallest absolute Gasteiger partial charge is 0.179 e. The van der Waals surface area contributed by atoms with Crippen molar-refractivity contribution in [3.63, 3.8) is 0 Å². The molecule has 0 aliphatic heterocycles. The summed E-state index contributed by atoms with van der Waals surface area (Å²) in [7, 11) is -3.32. The van der Waals surface area contributed by atoms with E-state index in [1.165, 1.54) is 12.1 Å². The van der Waals surface area contributed by atoms with Crippen LogP contribution in [0.25, 0.3) is 0 Å². The van der Waals surface area contributed by atoms with E-state index < -0.39 is 9.84 Å². The van der Waals surface area contributed by atoms with Crippen LogP contribution in [0.4, 0.5) is 0 Å². The minimum Gasteiger partial charge on any atom is -0.330 e. The van der Waals surface area contributed by atoms with Crippen LogP contribution in [0.5, 0.6) is 0 Å². The van der Waals surface area contributed by atoms with Gasteiger partial charge < -0.3 is 11.1 Å². The highest BCUT2D eigenvalue weighted by molar-refractivity contribution is 7.91. The Bertz CT molecular complexity index is 520. The van der Waals surface area contributed by atoms with Gasteiger partial charge in [0.05, 0.1) is 22.3 Å². The lowest BCUT2D eigenvalue weighted by Gasteiger charge is -2.06. The third-order valence-electron chi connectivity index (χ3n) is 2.43. The molecule has 5 nitrogen and oxygen atoms in total. The standard InChI is InChI=1S/C12H17N3O2S/c13-5-2-6-15-7-8-18(16,17)12-4-1-3-11(9-12)10-14/h1,3-4,9,15H,2,5-8,13H2. The summed E-state index contributed by atoms with van der Waals surface area (Å²) < 4.78 is 23.9. The summed E-state index contributed by atoms with van der Waals surface area (Å²) in [6, 6.07) is 8.00. The van der Waals surface area contributed by atoms with Crippen molar-refractivity contribution >= 4 is 9.84 Å². The molecule has 1 aromatic rings. The Labute approximate surface area is 108 Å². The molecule has 18 heavy (non-hydrogen) atoms. The lowest BCUT2D eigenvalue weighted by molar-refractivity contribution is 0.589. The number of nitriles is 1. The van der Waals surface area contributed by atoms with Crippen molar-refractivity contribution in [2.24, 2.45) is 5.73 Å². The van der Waals surface area contributed by atoms with Crippen molar-refractivity contribution in [1.29, 1.82) is 5.26 Å². The molecule has 1 rings (SSSR count). The molecule has 0 saturated heterocycles. The van der Waals surface area contributed by atoms with Gasteiger partial charge in [-0.1, -0.05) is 6.07 Å². The average Bonchev–Trinajstić information content (AvgIpc) is 2.38. The topological polar surface area (TPSA) is 96.0 Å². The van der Waals surface area contributed by atoms with Gasteiger partial charge in [0.25, 0.3) is 0 Å². The van der Waals surface area contributed by atoms with Crippen molar-refractivity contribution in [1.82, 2.24) is 5.32 Å². The quantitative estimate of drug-likeness (QED) is 0.691. The Morgan fingerprint density at radius 1 is 1.33 bits per heavy atom. The van der Waals surface area contributed by atoms with Crippen molar-refractivity contribution in [2.45, 2.75) is 11.3 Å². The van der Waals surface area contributed by atoms with Crippen LogP contribution in [-0.4, -0.2) is 33.8 Å². The van der Waals surface area contributed by atoms with Gasteiger partial charge >= 0.3 is 0 Å². The number of sulfone groups is 1. The number of nitrogens with two attached hydrogens (primary N) is 1. The lowest BCUT2D eigenvalue weighted by Crippen LogP contribution is -2.25. The van der Waals surface area contributed by atoms with Crippen molar-refractivity contribution in [3.8, 4) is 6.07 Å². The van der Waals surface area contributed by atoms with Crippen molar-refractivity contribution in [3.05, 3.63) is 29.8 Å². The number of benzene rings is 1. The molecular weight excluding hydrogens is 250 g/mol. The fourth-order valence-corrected chi connectivity index (χ4v) is 2.68. The van der Waals surface area contributed by atoms with Gasteiger partial charge in [0.1, 0.15) is 0 Å². The maximum atomic E-state index is 12.0. The zero-order valence-electron chi connectivity index (χ0n) is 10.1. The average molecular weight is 267 g/mol. The largest absolute Gasteiger partial charge is 0.330 e. The molecule has 0 heterocycles. The third-order valence-corrected chi connectivity index (χ3v) is 4.14. The fourth-order valence-electron chi connectivity index (χ4n) is 1.44. The van der Waals surface area contributed by atoms with E-state index in [4.69, 9.17) is 11.0 Å². The highest BCUT2D eigenvalue weighted by Crippen LogP contribution is 2.12. The summed E-state index contributed by atoms with van der Waals surface area (Å²) in [6.07, 6.45) is 0.823. The van der Waals surface area contributed by atoms with Crippen molar-refractivity contribution in [2.75, 3.05) is 25.4 Å². The Morgan fingerprint density at radius 2 is 2.11 bits per heavy atom. The van der Waals surface area contributed by atoms with E-state index >= 15 is 0 Å².